The molecule has 26 heavy (non-hydrogen) atoms. The first-order chi connectivity index (χ1) is 12.7. The molecule has 2 fully saturated rings. The van der Waals surface area contributed by atoms with E-state index in [0.717, 1.165) is 24.2 Å². The van der Waals surface area contributed by atoms with Crippen molar-refractivity contribution in [1.29, 1.82) is 0 Å². The van der Waals surface area contributed by atoms with Gasteiger partial charge in [0.1, 0.15) is 5.82 Å². The Bertz CT molecular complexity index is 772. The highest BCUT2D eigenvalue weighted by Crippen LogP contribution is 2.22. The van der Waals surface area contributed by atoms with Crippen LogP contribution in [0, 0.1) is 5.82 Å². The molecule has 2 saturated heterocycles. The minimum atomic E-state index is -0.267. The molecule has 2 aromatic carbocycles. The molecule has 0 radical (unpaired) electrons. The molecular weight excluding hydrogens is 331 g/mol. The highest BCUT2D eigenvalue weighted by molar-refractivity contribution is 5.95. The lowest BCUT2D eigenvalue weighted by Crippen LogP contribution is -2.50. The molecular formula is C21H23FN2O2. The van der Waals surface area contributed by atoms with E-state index in [9.17, 15) is 9.18 Å². The summed E-state index contributed by atoms with van der Waals surface area (Å²) in [6.07, 6.45) is 2.44. The van der Waals surface area contributed by atoms with Gasteiger partial charge in [-0.1, -0.05) is 24.3 Å². The molecule has 2 aromatic rings. The number of amides is 1. The fourth-order valence-corrected chi connectivity index (χ4v) is 3.85. The largest absolute Gasteiger partial charge is 0.378 e. The molecule has 2 heterocycles. The molecule has 4 rings (SSSR count). The van der Waals surface area contributed by atoms with Gasteiger partial charge in [0.25, 0.3) is 5.91 Å². The van der Waals surface area contributed by atoms with Gasteiger partial charge in [0.05, 0.1) is 25.3 Å². The average Bonchev–Trinajstić information content (AvgIpc) is 3.34. The average molecular weight is 354 g/mol. The van der Waals surface area contributed by atoms with Crippen LogP contribution in [0.1, 0.15) is 23.2 Å². The fraction of sp³-hybridized carbons (Fsp3) is 0.381. The monoisotopic (exact) mass is 354 g/mol. The first-order valence-corrected chi connectivity index (χ1v) is 9.19. The first kappa shape index (κ1) is 17.2. The van der Waals surface area contributed by atoms with Crippen LogP contribution >= 0.6 is 0 Å². The Balaban J connectivity index is 1.48. The summed E-state index contributed by atoms with van der Waals surface area (Å²) < 4.78 is 18.8. The summed E-state index contributed by atoms with van der Waals surface area (Å²) in [5.41, 5.74) is 2.40. The number of likely N-dealkylation sites (tertiary alicyclic amines) is 1. The SMILES string of the molecule is O=C(N[C@H]1COC[C@@H]1N1CCCC1)c1cccc(-c2ccc(F)cc2)c1. The molecule has 136 valence electrons. The predicted octanol–water partition coefficient (Wildman–Crippen LogP) is 3.09. The van der Waals surface area contributed by atoms with Crippen molar-refractivity contribution in [2.45, 2.75) is 24.9 Å². The highest BCUT2D eigenvalue weighted by atomic mass is 19.1. The van der Waals surface area contributed by atoms with E-state index >= 15 is 0 Å². The molecule has 1 N–H and O–H groups in total. The number of carbonyl (C=O) groups is 1. The first-order valence-electron chi connectivity index (χ1n) is 9.19. The third-order valence-electron chi connectivity index (χ3n) is 5.28. The van der Waals surface area contributed by atoms with Crippen LogP contribution in [0.4, 0.5) is 4.39 Å². The summed E-state index contributed by atoms with van der Waals surface area (Å²) in [7, 11) is 0. The molecule has 0 aromatic heterocycles. The van der Waals surface area contributed by atoms with Crippen LogP contribution in [0.5, 0.6) is 0 Å². The third-order valence-corrected chi connectivity index (χ3v) is 5.28. The van der Waals surface area contributed by atoms with E-state index in [1.807, 2.05) is 24.3 Å². The molecule has 2 aliphatic heterocycles. The molecule has 0 bridgehead atoms. The van der Waals surface area contributed by atoms with Crippen LogP contribution in [0.15, 0.2) is 48.5 Å². The highest BCUT2D eigenvalue weighted by Gasteiger charge is 2.35. The summed E-state index contributed by atoms with van der Waals surface area (Å²) in [4.78, 5) is 15.2. The van der Waals surface area contributed by atoms with Gasteiger partial charge in [-0.3, -0.25) is 9.69 Å². The molecule has 5 heteroatoms. The van der Waals surface area contributed by atoms with Crippen molar-refractivity contribution in [3.63, 3.8) is 0 Å². The summed E-state index contributed by atoms with van der Waals surface area (Å²) in [5.74, 6) is -0.356. The molecule has 0 saturated carbocycles. The van der Waals surface area contributed by atoms with Gasteiger partial charge in [-0.25, -0.2) is 4.39 Å². The van der Waals surface area contributed by atoms with E-state index in [4.69, 9.17) is 4.74 Å². The maximum Gasteiger partial charge on any atom is 0.251 e. The van der Waals surface area contributed by atoms with E-state index in [-0.39, 0.29) is 23.8 Å². The Morgan fingerprint density at radius 1 is 1.04 bits per heavy atom. The number of rotatable bonds is 4. The molecule has 1 amide bonds. The lowest BCUT2D eigenvalue weighted by Gasteiger charge is -2.28. The lowest BCUT2D eigenvalue weighted by atomic mass is 10.0. The van der Waals surface area contributed by atoms with E-state index in [2.05, 4.69) is 10.2 Å². The zero-order valence-electron chi connectivity index (χ0n) is 14.7. The summed E-state index contributed by atoms with van der Waals surface area (Å²) in [6, 6.07) is 14.0. The standard InChI is InChI=1S/C21H23FN2O2/c22-18-8-6-15(7-9-18)16-4-3-5-17(12-16)21(25)23-19-13-26-14-20(19)24-10-1-2-11-24/h3-9,12,19-20H,1-2,10-11,13-14H2,(H,23,25)/t19-,20-/m0/s1. The molecule has 2 aliphatic rings. The molecule has 0 aliphatic carbocycles. The zero-order chi connectivity index (χ0) is 17.9. The Morgan fingerprint density at radius 3 is 2.58 bits per heavy atom. The van der Waals surface area contributed by atoms with Crippen molar-refractivity contribution in [2.24, 2.45) is 0 Å². The van der Waals surface area contributed by atoms with Crippen molar-refractivity contribution in [3.05, 3.63) is 59.9 Å². The van der Waals surface area contributed by atoms with Crippen molar-refractivity contribution in [1.82, 2.24) is 10.2 Å². The van der Waals surface area contributed by atoms with Crippen molar-refractivity contribution < 1.29 is 13.9 Å². The molecule has 0 spiro atoms. The van der Waals surface area contributed by atoms with E-state index < -0.39 is 0 Å². The van der Waals surface area contributed by atoms with Gasteiger partial charge in [0, 0.05) is 5.56 Å². The molecule has 2 atom stereocenters. The predicted molar refractivity (Wildman–Crippen MR) is 98.5 cm³/mol. The number of benzene rings is 2. The Morgan fingerprint density at radius 2 is 1.81 bits per heavy atom. The normalized spacial score (nSPS) is 23.3. The van der Waals surface area contributed by atoms with Crippen molar-refractivity contribution in [3.8, 4) is 11.1 Å². The second kappa shape index (κ2) is 7.56. The van der Waals surface area contributed by atoms with Gasteiger partial charge in [0.2, 0.25) is 0 Å². The Hall–Kier alpha value is -2.24. The van der Waals surface area contributed by atoms with Crippen LogP contribution in [0.25, 0.3) is 11.1 Å². The van der Waals surface area contributed by atoms with Crippen LogP contribution in [-0.2, 0) is 4.74 Å². The van der Waals surface area contributed by atoms with Crippen LogP contribution in [0.3, 0.4) is 0 Å². The van der Waals surface area contributed by atoms with Gasteiger partial charge in [0.15, 0.2) is 0 Å². The second-order valence-electron chi connectivity index (χ2n) is 7.02. The summed E-state index contributed by atoms with van der Waals surface area (Å²) in [5, 5.41) is 3.14. The smallest absolute Gasteiger partial charge is 0.251 e. The maximum absolute atomic E-state index is 13.1. The van der Waals surface area contributed by atoms with Crippen LogP contribution in [0.2, 0.25) is 0 Å². The number of nitrogens with one attached hydrogen (secondary N) is 1. The number of nitrogens with zero attached hydrogens (tertiary/aromatic N) is 1. The van der Waals surface area contributed by atoms with Gasteiger partial charge in [-0.2, -0.15) is 0 Å². The number of hydrogen-bond donors (Lipinski definition) is 1. The number of hydrogen-bond acceptors (Lipinski definition) is 3. The van der Waals surface area contributed by atoms with E-state index in [1.165, 1.54) is 25.0 Å². The number of ether oxygens (including phenoxy) is 1. The minimum Gasteiger partial charge on any atom is -0.378 e. The lowest BCUT2D eigenvalue weighted by molar-refractivity contribution is 0.0916. The summed E-state index contributed by atoms with van der Waals surface area (Å²) >= 11 is 0. The molecule has 4 nitrogen and oxygen atoms in total. The number of carbonyl (C=O) groups excluding carboxylic acids is 1. The van der Waals surface area contributed by atoms with Crippen LogP contribution < -0.4 is 5.32 Å². The third kappa shape index (κ3) is 3.64. The van der Waals surface area contributed by atoms with Gasteiger partial charge >= 0.3 is 0 Å². The van der Waals surface area contributed by atoms with Crippen LogP contribution in [-0.4, -0.2) is 49.2 Å². The van der Waals surface area contributed by atoms with Gasteiger partial charge in [-0.15, -0.1) is 0 Å². The van der Waals surface area contributed by atoms with Gasteiger partial charge in [-0.05, 0) is 61.3 Å². The van der Waals surface area contributed by atoms with Crippen molar-refractivity contribution in [2.75, 3.05) is 26.3 Å². The maximum atomic E-state index is 13.1. The Labute approximate surface area is 153 Å². The zero-order valence-corrected chi connectivity index (χ0v) is 14.7. The second-order valence-corrected chi connectivity index (χ2v) is 7.02. The fourth-order valence-electron chi connectivity index (χ4n) is 3.85. The quantitative estimate of drug-likeness (QED) is 0.917. The number of halogens is 1. The van der Waals surface area contributed by atoms with Gasteiger partial charge < -0.3 is 10.1 Å². The van der Waals surface area contributed by atoms with Crippen molar-refractivity contribution >= 4 is 5.91 Å². The minimum absolute atomic E-state index is 0.0232. The topological polar surface area (TPSA) is 41.6 Å². The van der Waals surface area contributed by atoms with E-state index in [0.29, 0.717) is 18.8 Å². The Kier molecular flexibility index (Phi) is 5.00. The summed E-state index contributed by atoms with van der Waals surface area (Å²) in [6.45, 7) is 3.41. The molecule has 0 unspecified atom stereocenters. The van der Waals surface area contributed by atoms with E-state index in [1.54, 1.807) is 12.1 Å².